The molecule has 65 valence electrons. The number of rotatable bonds is 5. The molecule has 0 saturated heterocycles. The smallest absolute Gasteiger partial charge is 0.0312 e. The molecular formula is C10H15N2. The van der Waals surface area contributed by atoms with Gasteiger partial charge in [0.2, 0.25) is 0 Å². The summed E-state index contributed by atoms with van der Waals surface area (Å²) < 4.78 is 0. The van der Waals surface area contributed by atoms with E-state index in [2.05, 4.69) is 29.7 Å². The van der Waals surface area contributed by atoms with Gasteiger partial charge in [-0.1, -0.05) is 13.0 Å². The monoisotopic (exact) mass is 163 g/mol. The van der Waals surface area contributed by atoms with Crippen molar-refractivity contribution in [1.29, 1.82) is 0 Å². The van der Waals surface area contributed by atoms with Crippen LogP contribution in [0.2, 0.25) is 0 Å². The van der Waals surface area contributed by atoms with E-state index in [-0.39, 0.29) is 0 Å². The molecule has 0 amide bonds. The Morgan fingerprint density at radius 1 is 1.58 bits per heavy atom. The predicted octanol–water partition coefficient (Wildman–Crippen LogP) is 1.79. The van der Waals surface area contributed by atoms with Crippen LogP contribution in [-0.2, 0) is 6.54 Å². The first-order valence-electron chi connectivity index (χ1n) is 4.31. The van der Waals surface area contributed by atoms with Gasteiger partial charge in [0.1, 0.15) is 0 Å². The average Bonchev–Trinajstić information content (AvgIpc) is 2.14. The molecule has 0 aliphatic carbocycles. The lowest BCUT2D eigenvalue weighted by Gasteiger charge is -2.02. The molecule has 0 bridgehead atoms. The maximum atomic E-state index is 4.04. The molecule has 0 unspecified atom stereocenters. The molecule has 0 spiro atoms. The van der Waals surface area contributed by atoms with E-state index >= 15 is 0 Å². The van der Waals surface area contributed by atoms with Gasteiger partial charge in [-0.05, 0) is 31.0 Å². The first-order chi connectivity index (χ1) is 5.93. The number of pyridine rings is 1. The Morgan fingerprint density at radius 3 is 3.17 bits per heavy atom. The van der Waals surface area contributed by atoms with Crippen LogP contribution in [0.25, 0.3) is 0 Å². The topological polar surface area (TPSA) is 24.9 Å². The normalized spacial score (nSPS) is 10.1. The van der Waals surface area contributed by atoms with Crippen LogP contribution < -0.4 is 5.32 Å². The van der Waals surface area contributed by atoms with Crippen LogP contribution in [0, 0.1) is 6.42 Å². The van der Waals surface area contributed by atoms with Crippen molar-refractivity contribution in [3.05, 3.63) is 36.5 Å². The van der Waals surface area contributed by atoms with Gasteiger partial charge in [-0.2, -0.15) is 0 Å². The van der Waals surface area contributed by atoms with Gasteiger partial charge < -0.3 is 5.32 Å². The summed E-state index contributed by atoms with van der Waals surface area (Å²) in [6.07, 6.45) is 6.97. The molecule has 2 nitrogen and oxygen atoms in total. The second kappa shape index (κ2) is 5.72. The quantitative estimate of drug-likeness (QED) is 0.669. The van der Waals surface area contributed by atoms with Crippen LogP contribution in [0.3, 0.4) is 0 Å². The van der Waals surface area contributed by atoms with Crippen molar-refractivity contribution in [1.82, 2.24) is 10.3 Å². The molecule has 0 aromatic carbocycles. The van der Waals surface area contributed by atoms with Gasteiger partial charge >= 0.3 is 0 Å². The van der Waals surface area contributed by atoms with Gasteiger partial charge in [0.25, 0.3) is 0 Å². The van der Waals surface area contributed by atoms with Gasteiger partial charge in [0, 0.05) is 18.9 Å². The van der Waals surface area contributed by atoms with Crippen LogP contribution >= 0.6 is 0 Å². The highest BCUT2D eigenvalue weighted by Crippen LogP contribution is 1.94. The van der Waals surface area contributed by atoms with Gasteiger partial charge in [-0.3, -0.25) is 4.98 Å². The van der Waals surface area contributed by atoms with Gasteiger partial charge in [0.15, 0.2) is 0 Å². The molecule has 0 aliphatic heterocycles. The summed E-state index contributed by atoms with van der Waals surface area (Å²) in [6.45, 7) is 4.04. The van der Waals surface area contributed by atoms with Crippen molar-refractivity contribution in [3.8, 4) is 0 Å². The number of nitrogens with one attached hydrogen (secondary N) is 1. The molecule has 0 atom stereocenters. The lowest BCUT2D eigenvalue weighted by atomic mass is 10.3. The number of aromatic nitrogens is 1. The van der Waals surface area contributed by atoms with E-state index in [0.29, 0.717) is 0 Å². The lowest BCUT2D eigenvalue weighted by molar-refractivity contribution is 0.680. The molecule has 1 aromatic heterocycles. The summed E-state index contributed by atoms with van der Waals surface area (Å²) in [7, 11) is 0. The molecular weight excluding hydrogens is 148 g/mol. The molecule has 0 aliphatic rings. The molecule has 0 saturated carbocycles. The van der Waals surface area contributed by atoms with E-state index in [1.165, 1.54) is 5.56 Å². The van der Waals surface area contributed by atoms with E-state index in [1.807, 2.05) is 12.3 Å². The van der Waals surface area contributed by atoms with Gasteiger partial charge in [-0.15, -0.1) is 0 Å². The Balaban J connectivity index is 2.16. The van der Waals surface area contributed by atoms with E-state index in [0.717, 1.165) is 19.5 Å². The highest BCUT2D eigenvalue weighted by molar-refractivity contribution is 5.07. The fourth-order valence-electron chi connectivity index (χ4n) is 0.982. The maximum Gasteiger partial charge on any atom is 0.0312 e. The summed E-state index contributed by atoms with van der Waals surface area (Å²) in [5.74, 6) is 0. The second-order valence-corrected chi connectivity index (χ2v) is 2.73. The second-order valence-electron chi connectivity index (χ2n) is 2.73. The summed E-state index contributed by atoms with van der Waals surface area (Å²) in [5.41, 5.74) is 1.24. The largest absolute Gasteiger partial charge is 0.313 e. The van der Waals surface area contributed by atoms with Gasteiger partial charge in [-0.25, -0.2) is 0 Å². The Kier molecular flexibility index (Phi) is 4.39. The molecule has 0 fully saturated rings. The van der Waals surface area contributed by atoms with E-state index in [4.69, 9.17) is 0 Å². The van der Waals surface area contributed by atoms with Crippen LogP contribution in [0.15, 0.2) is 24.5 Å². The molecule has 1 aromatic rings. The summed E-state index contributed by atoms with van der Waals surface area (Å²) in [6, 6.07) is 4.04. The van der Waals surface area contributed by atoms with Crippen LogP contribution in [0.4, 0.5) is 0 Å². The number of hydrogen-bond acceptors (Lipinski definition) is 2. The zero-order valence-corrected chi connectivity index (χ0v) is 7.46. The van der Waals surface area contributed by atoms with Crippen molar-refractivity contribution in [2.75, 3.05) is 6.54 Å². The predicted molar refractivity (Wildman–Crippen MR) is 50.5 cm³/mol. The highest BCUT2D eigenvalue weighted by Gasteiger charge is 1.89. The molecule has 1 radical (unpaired) electrons. The Labute approximate surface area is 74.0 Å². The van der Waals surface area contributed by atoms with Crippen molar-refractivity contribution >= 4 is 0 Å². The van der Waals surface area contributed by atoms with Gasteiger partial charge in [0.05, 0.1) is 0 Å². The summed E-state index contributed by atoms with van der Waals surface area (Å²) >= 11 is 0. The molecule has 1 N–H and O–H groups in total. The standard InChI is InChI=1S/C10H15N2/c1-2-3-6-11-8-10-5-4-7-12-9-10/h2,4-5,7,9,11H,3,6,8H2,1H3. The number of hydrogen-bond donors (Lipinski definition) is 1. The highest BCUT2D eigenvalue weighted by atomic mass is 14.8. The first-order valence-corrected chi connectivity index (χ1v) is 4.31. The van der Waals surface area contributed by atoms with Crippen LogP contribution in [0.5, 0.6) is 0 Å². The Hall–Kier alpha value is -0.890. The van der Waals surface area contributed by atoms with Crippen LogP contribution in [0.1, 0.15) is 18.9 Å². The lowest BCUT2D eigenvalue weighted by Crippen LogP contribution is -2.14. The zero-order chi connectivity index (χ0) is 8.65. The summed E-state index contributed by atoms with van der Waals surface area (Å²) in [5, 5.41) is 3.33. The van der Waals surface area contributed by atoms with E-state index < -0.39 is 0 Å². The third-order valence-electron chi connectivity index (χ3n) is 1.66. The SMILES string of the molecule is C[CH]CCNCc1cccnc1. The minimum Gasteiger partial charge on any atom is -0.313 e. The van der Waals surface area contributed by atoms with Crippen molar-refractivity contribution in [2.45, 2.75) is 19.9 Å². The molecule has 12 heavy (non-hydrogen) atoms. The van der Waals surface area contributed by atoms with Crippen molar-refractivity contribution in [2.24, 2.45) is 0 Å². The molecule has 2 heteroatoms. The van der Waals surface area contributed by atoms with Crippen molar-refractivity contribution < 1.29 is 0 Å². The Morgan fingerprint density at radius 2 is 2.50 bits per heavy atom. The molecule has 1 heterocycles. The number of unbranched alkanes of at least 4 members (excludes halogenated alkanes) is 1. The van der Waals surface area contributed by atoms with Crippen LogP contribution in [-0.4, -0.2) is 11.5 Å². The van der Waals surface area contributed by atoms with E-state index in [1.54, 1.807) is 6.20 Å². The number of nitrogens with zero attached hydrogens (tertiary/aromatic N) is 1. The summed E-state index contributed by atoms with van der Waals surface area (Å²) in [4.78, 5) is 4.04. The minimum atomic E-state index is 0.918. The first kappa shape index (κ1) is 9.20. The minimum absolute atomic E-state index is 0.918. The fourth-order valence-corrected chi connectivity index (χ4v) is 0.982. The maximum absolute atomic E-state index is 4.04. The molecule has 1 rings (SSSR count). The zero-order valence-electron chi connectivity index (χ0n) is 7.46. The third kappa shape index (κ3) is 3.49. The van der Waals surface area contributed by atoms with E-state index in [9.17, 15) is 0 Å². The Bertz CT molecular complexity index is 196. The third-order valence-corrected chi connectivity index (χ3v) is 1.66. The van der Waals surface area contributed by atoms with Crippen molar-refractivity contribution in [3.63, 3.8) is 0 Å². The fraction of sp³-hybridized carbons (Fsp3) is 0.400. The average molecular weight is 163 g/mol.